The second-order valence-electron chi connectivity index (χ2n) is 4.40. The molecule has 0 saturated heterocycles. The fourth-order valence-electron chi connectivity index (χ4n) is 1.73. The summed E-state index contributed by atoms with van der Waals surface area (Å²) < 4.78 is 5.66. The zero-order chi connectivity index (χ0) is 13.7. The zero-order valence-electron chi connectivity index (χ0n) is 10.8. The van der Waals surface area contributed by atoms with E-state index in [2.05, 4.69) is 4.98 Å². The lowest BCUT2D eigenvalue weighted by atomic mass is 10.1. The van der Waals surface area contributed by atoms with Crippen molar-refractivity contribution in [3.8, 4) is 5.75 Å². The van der Waals surface area contributed by atoms with Gasteiger partial charge < -0.3 is 10.5 Å². The maximum Gasteiger partial charge on any atom is 0.137 e. The third-order valence-corrected chi connectivity index (χ3v) is 3.12. The van der Waals surface area contributed by atoms with Crippen LogP contribution in [0.2, 0.25) is 5.02 Å². The first-order valence-electron chi connectivity index (χ1n) is 6.24. The molecule has 0 fully saturated rings. The predicted octanol–water partition coefficient (Wildman–Crippen LogP) is 3.38. The minimum Gasteiger partial charge on any atom is -0.492 e. The molecule has 0 saturated carbocycles. The Morgan fingerprint density at radius 1 is 1.32 bits per heavy atom. The molecule has 0 radical (unpaired) electrons. The first kappa shape index (κ1) is 13.8. The minimum absolute atomic E-state index is 0.0277. The van der Waals surface area contributed by atoms with E-state index in [0.29, 0.717) is 17.4 Å². The topological polar surface area (TPSA) is 48.1 Å². The normalized spacial score (nSPS) is 12.2. The van der Waals surface area contributed by atoms with Crippen LogP contribution < -0.4 is 10.5 Å². The molecule has 1 heterocycles. The van der Waals surface area contributed by atoms with Crippen LogP contribution in [0.15, 0.2) is 42.6 Å². The standard InChI is InChI=1S/C15H17ClN2O/c1-11(17)12-5-6-15(14(16)10-12)19-9-7-13-4-2-3-8-18-13/h2-6,8,10-11H,7,9,17H2,1H3. The lowest BCUT2D eigenvalue weighted by molar-refractivity contribution is 0.320. The van der Waals surface area contributed by atoms with Gasteiger partial charge in [-0.15, -0.1) is 0 Å². The Hall–Kier alpha value is -1.58. The summed E-state index contributed by atoms with van der Waals surface area (Å²) in [5.41, 5.74) is 7.81. The van der Waals surface area contributed by atoms with Crippen molar-refractivity contribution >= 4 is 11.6 Å². The van der Waals surface area contributed by atoms with Gasteiger partial charge in [0.15, 0.2) is 0 Å². The minimum atomic E-state index is -0.0277. The summed E-state index contributed by atoms with van der Waals surface area (Å²) in [6.45, 7) is 2.47. The fourth-order valence-corrected chi connectivity index (χ4v) is 1.97. The van der Waals surface area contributed by atoms with Crippen molar-refractivity contribution in [3.05, 3.63) is 58.9 Å². The van der Waals surface area contributed by atoms with Gasteiger partial charge in [0.05, 0.1) is 11.6 Å². The van der Waals surface area contributed by atoms with E-state index in [-0.39, 0.29) is 6.04 Å². The third-order valence-electron chi connectivity index (χ3n) is 2.82. The summed E-state index contributed by atoms with van der Waals surface area (Å²) in [5.74, 6) is 0.682. The van der Waals surface area contributed by atoms with Crippen LogP contribution in [0.3, 0.4) is 0 Å². The van der Waals surface area contributed by atoms with E-state index in [0.717, 1.165) is 17.7 Å². The lowest BCUT2D eigenvalue weighted by Crippen LogP contribution is -2.06. The molecule has 100 valence electrons. The summed E-state index contributed by atoms with van der Waals surface area (Å²) in [7, 11) is 0. The summed E-state index contributed by atoms with van der Waals surface area (Å²) in [6.07, 6.45) is 2.53. The Morgan fingerprint density at radius 3 is 2.79 bits per heavy atom. The summed E-state index contributed by atoms with van der Waals surface area (Å²) in [4.78, 5) is 4.24. The highest BCUT2D eigenvalue weighted by Gasteiger charge is 2.06. The highest BCUT2D eigenvalue weighted by atomic mass is 35.5. The molecule has 0 aliphatic heterocycles. The van der Waals surface area contributed by atoms with Crippen LogP contribution in [0.1, 0.15) is 24.2 Å². The fraction of sp³-hybridized carbons (Fsp3) is 0.267. The molecule has 19 heavy (non-hydrogen) atoms. The second-order valence-corrected chi connectivity index (χ2v) is 4.81. The van der Waals surface area contributed by atoms with Crippen LogP contribution >= 0.6 is 11.6 Å². The molecular weight excluding hydrogens is 260 g/mol. The van der Waals surface area contributed by atoms with Crippen molar-refractivity contribution in [2.24, 2.45) is 5.73 Å². The first-order valence-corrected chi connectivity index (χ1v) is 6.62. The number of benzene rings is 1. The van der Waals surface area contributed by atoms with Crippen LogP contribution in [0, 0.1) is 0 Å². The number of aromatic nitrogens is 1. The van der Waals surface area contributed by atoms with E-state index in [1.165, 1.54) is 0 Å². The smallest absolute Gasteiger partial charge is 0.137 e. The monoisotopic (exact) mass is 276 g/mol. The summed E-state index contributed by atoms with van der Waals surface area (Å²) in [6, 6.07) is 11.5. The van der Waals surface area contributed by atoms with Crippen molar-refractivity contribution in [2.45, 2.75) is 19.4 Å². The van der Waals surface area contributed by atoms with Gasteiger partial charge in [-0.3, -0.25) is 4.98 Å². The van der Waals surface area contributed by atoms with Crippen molar-refractivity contribution in [1.29, 1.82) is 0 Å². The molecule has 0 spiro atoms. The molecule has 0 aliphatic rings. The molecular formula is C15H17ClN2O. The van der Waals surface area contributed by atoms with Gasteiger partial charge in [0.2, 0.25) is 0 Å². The largest absolute Gasteiger partial charge is 0.492 e. The van der Waals surface area contributed by atoms with Gasteiger partial charge in [-0.1, -0.05) is 23.7 Å². The molecule has 0 aliphatic carbocycles. The summed E-state index contributed by atoms with van der Waals surface area (Å²) in [5, 5.41) is 0.593. The number of hydrogen-bond acceptors (Lipinski definition) is 3. The van der Waals surface area contributed by atoms with Gasteiger partial charge in [-0.25, -0.2) is 0 Å². The molecule has 1 aromatic carbocycles. The van der Waals surface area contributed by atoms with Gasteiger partial charge in [-0.2, -0.15) is 0 Å². The summed E-state index contributed by atoms with van der Waals surface area (Å²) >= 11 is 6.16. The van der Waals surface area contributed by atoms with Crippen molar-refractivity contribution in [3.63, 3.8) is 0 Å². The molecule has 0 bridgehead atoms. The third kappa shape index (κ3) is 3.94. The van der Waals surface area contributed by atoms with Crippen LogP contribution in [0.5, 0.6) is 5.75 Å². The molecule has 2 N–H and O–H groups in total. The van der Waals surface area contributed by atoms with E-state index in [1.54, 1.807) is 6.20 Å². The Balaban J connectivity index is 1.93. The number of ether oxygens (including phenoxy) is 1. The van der Waals surface area contributed by atoms with Gasteiger partial charge in [-0.05, 0) is 36.8 Å². The Labute approximate surface area is 118 Å². The number of rotatable bonds is 5. The molecule has 2 aromatic rings. The highest BCUT2D eigenvalue weighted by molar-refractivity contribution is 6.32. The molecule has 1 unspecified atom stereocenters. The predicted molar refractivity (Wildman–Crippen MR) is 77.5 cm³/mol. The Kier molecular flexibility index (Phi) is 4.77. The number of pyridine rings is 1. The first-order chi connectivity index (χ1) is 9.16. The SMILES string of the molecule is CC(N)c1ccc(OCCc2ccccn2)c(Cl)c1. The van der Waals surface area contributed by atoms with Crippen LogP contribution in [-0.2, 0) is 6.42 Å². The molecule has 1 aromatic heterocycles. The van der Waals surface area contributed by atoms with Gasteiger partial charge in [0.1, 0.15) is 5.75 Å². The van der Waals surface area contributed by atoms with E-state index >= 15 is 0 Å². The second kappa shape index (κ2) is 6.55. The van der Waals surface area contributed by atoms with E-state index in [1.807, 2.05) is 43.3 Å². The van der Waals surface area contributed by atoms with Crippen molar-refractivity contribution in [1.82, 2.24) is 4.98 Å². The van der Waals surface area contributed by atoms with Crippen molar-refractivity contribution < 1.29 is 4.74 Å². The quantitative estimate of drug-likeness (QED) is 0.911. The number of halogens is 1. The van der Waals surface area contributed by atoms with E-state index in [4.69, 9.17) is 22.1 Å². The Morgan fingerprint density at radius 2 is 2.16 bits per heavy atom. The molecule has 1 atom stereocenters. The number of nitrogens with zero attached hydrogens (tertiary/aromatic N) is 1. The molecule has 0 amide bonds. The molecule has 2 rings (SSSR count). The zero-order valence-corrected chi connectivity index (χ0v) is 11.6. The average Bonchev–Trinajstić information content (AvgIpc) is 2.41. The highest BCUT2D eigenvalue weighted by Crippen LogP contribution is 2.27. The van der Waals surface area contributed by atoms with E-state index in [9.17, 15) is 0 Å². The van der Waals surface area contributed by atoms with Crippen LogP contribution in [-0.4, -0.2) is 11.6 Å². The van der Waals surface area contributed by atoms with Crippen LogP contribution in [0.4, 0.5) is 0 Å². The molecule has 3 nitrogen and oxygen atoms in total. The average molecular weight is 277 g/mol. The number of hydrogen-bond donors (Lipinski definition) is 1. The van der Waals surface area contributed by atoms with Crippen molar-refractivity contribution in [2.75, 3.05) is 6.61 Å². The maximum absolute atomic E-state index is 6.16. The van der Waals surface area contributed by atoms with Gasteiger partial charge in [0, 0.05) is 24.4 Å². The Bertz CT molecular complexity index is 529. The maximum atomic E-state index is 6.16. The van der Waals surface area contributed by atoms with Crippen LogP contribution in [0.25, 0.3) is 0 Å². The van der Waals surface area contributed by atoms with Gasteiger partial charge in [0.25, 0.3) is 0 Å². The van der Waals surface area contributed by atoms with E-state index < -0.39 is 0 Å². The number of nitrogens with two attached hydrogens (primary N) is 1. The van der Waals surface area contributed by atoms with Gasteiger partial charge >= 0.3 is 0 Å². The molecule has 4 heteroatoms. The lowest BCUT2D eigenvalue weighted by Gasteiger charge is -2.11.